The van der Waals surface area contributed by atoms with Gasteiger partial charge in [0.25, 0.3) is 0 Å². The van der Waals surface area contributed by atoms with Crippen LogP contribution in [0.25, 0.3) is 11.3 Å². The molecule has 31 heavy (non-hydrogen) atoms. The molecule has 0 saturated carbocycles. The van der Waals surface area contributed by atoms with Crippen molar-refractivity contribution in [2.24, 2.45) is 0 Å². The zero-order valence-corrected chi connectivity index (χ0v) is 17.9. The lowest BCUT2D eigenvalue weighted by Gasteiger charge is -2.31. The van der Waals surface area contributed by atoms with E-state index in [1.807, 2.05) is 85.8 Å². The van der Waals surface area contributed by atoms with E-state index in [4.69, 9.17) is 4.52 Å². The SMILES string of the molecule is Cc1ccc(C2=C(c3ccc(F)cc3)O[P@](=O)(c3ccccc3)c3ccccc32)cc1. The Hall–Kier alpha value is -3.42. The van der Waals surface area contributed by atoms with Gasteiger partial charge in [-0.3, -0.25) is 4.57 Å². The third-order valence-electron chi connectivity index (χ3n) is 5.48. The number of hydrogen-bond donors (Lipinski definition) is 0. The van der Waals surface area contributed by atoms with Gasteiger partial charge in [0, 0.05) is 16.7 Å². The molecule has 0 N–H and O–H groups in total. The largest absolute Gasteiger partial charge is 0.436 e. The predicted octanol–water partition coefficient (Wildman–Crippen LogP) is 6.31. The molecule has 0 fully saturated rings. The number of aryl methyl sites for hydroxylation is 1. The van der Waals surface area contributed by atoms with E-state index in [9.17, 15) is 8.96 Å². The van der Waals surface area contributed by atoms with Gasteiger partial charge in [-0.2, -0.15) is 0 Å². The maximum Gasteiger partial charge on any atom is 0.307 e. The molecule has 0 bridgehead atoms. The summed E-state index contributed by atoms with van der Waals surface area (Å²) in [5.41, 5.74) is 4.50. The van der Waals surface area contributed by atoms with Crippen molar-refractivity contribution in [2.75, 3.05) is 0 Å². The quantitative estimate of drug-likeness (QED) is 0.359. The van der Waals surface area contributed by atoms with Gasteiger partial charge in [0.1, 0.15) is 11.6 Å². The second-order valence-corrected chi connectivity index (χ2v) is 9.86. The Morgan fingerprint density at radius 2 is 1.32 bits per heavy atom. The summed E-state index contributed by atoms with van der Waals surface area (Å²) in [6.07, 6.45) is 0. The van der Waals surface area contributed by atoms with Crippen LogP contribution in [-0.2, 0) is 9.09 Å². The van der Waals surface area contributed by atoms with E-state index in [0.717, 1.165) is 22.3 Å². The number of halogens is 1. The molecular weight excluding hydrogens is 406 g/mol. The van der Waals surface area contributed by atoms with Crippen LogP contribution < -0.4 is 10.6 Å². The van der Waals surface area contributed by atoms with Crippen molar-refractivity contribution in [2.45, 2.75) is 6.92 Å². The summed E-state index contributed by atoms with van der Waals surface area (Å²) in [6, 6.07) is 31.2. The smallest absolute Gasteiger partial charge is 0.307 e. The highest BCUT2D eigenvalue weighted by Gasteiger charge is 2.39. The zero-order chi connectivity index (χ0) is 21.4. The summed E-state index contributed by atoms with van der Waals surface area (Å²) in [7, 11) is -3.41. The fourth-order valence-corrected chi connectivity index (χ4v) is 6.19. The van der Waals surface area contributed by atoms with Gasteiger partial charge < -0.3 is 4.52 Å². The van der Waals surface area contributed by atoms with Crippen LogP contribution in [0.1, 0.15) is 22.3 Å². The van der Waals surface area contributed by atoms with Crippen molar-refractivity contribution in [1.29, 1.82) is 0 Å². The summed E-state index contributed by atoms with van der Waals surface area (Å²) in [5.74, 6) is 0.165. The van der Waals surface area contributed by atoms with Crippen molar-refractivity contribution in [3.8, 4) is 0 Å². The first kappa shape index (κ1) is 19.5. The molecule has 152 valence electrons. The normalized spacial score (nSPS) is 17.7. The van der Waals surface area contributed by atoms with Gasteiger partial charge in [-0.25, -0.2) is 4.39 Å². The van der Waals surface area contributed by atoms with Crippen LogP contribution >= 0.6 is 7.37 Å². The molecule has 0 aromatic heterocycles. The fraction of sp³-hybridized carbons (Fsp3) is 0.0370. The fourth-order valence-electron chi connectivity index (χ4n) is 3.91. The predicted molar refractivity (Wildman–Crippen MR) is 124 cm³/mol. The molecule has 1 heterocycles. The molecule has 1 aliphatic heterocycles. The minimum atomic E-state index is -3.41. The monoisotopic (exact) mass is 426 g/mol. The molecule has 2 nitrogen and oxygen atoms in total. The molecule has 0 spiro atoms. The van der Waals surface area contributed by atoms with E-state index in [2.05, 4.69) is 0 Å². The van der Waals surface area contributed by atoms with Crippen molar-refractivity contribution in [3.05, 3.63) is 131 Å². The Labute approximate surface area is 181 Å². The highest BCUT2D eigenvalue weighted by molar-refractivity contribution is 7.74. The molecule has 1 atom stereocenters. The molecule has 0 radical (unpaired) electrons. The van der Waals surface area contributed by atoms with Crippen LogP contribution in [0.2, 0.25) is 0 Å². The van der Waals surface area contributed by atoms with Gasteiger partial charge in [-0.05, 0) is 55.0 Å². The summed E-state index contributed by atoms with van der Waals surface area (Å²) >= 11 is 0. The Morgan fingerprint density at radius 3 is 2.03 bits per heavy atom. The van der Waals surface area contributed by atoms with Gasteiger partial charge in [-0.1, -0.05) is 66.2 Å². The number of hydrogen-bond acceptors (Lipinski definition) is 2. The second kappa shape index (κ2) is 7.68. The van der Waals surface area contributed by atoms with E-state index in [1.165, 1.54) is 12.1 Å². The molecular formula is C27H20FO2P. The van der Waals surface area contributed by atoms with Crippen molar-refractivity contribution in [3.63, 3.8) is 0 Å². The van der Waals surface area contributed by atoms with Crippen LogP contribution in [0, 0.1) is 12.7 Å². The Bertz CT molecular complexity index is 1320. The van der Waals surface area contributed by atoms with Gasteiger partial charge in [0.2, 0.25) is 0 Å². The summed E-state index contributed by atoms with van der Waals surface area (Å²) in [5, 5.41) is 1.30. The maximum atomic E-state index is 14.4. The zero-order valence-electron chi connectivity index (χ0n) is 17.0. The van der Waals surface area contributed by atoms with Crippen LogP contribution in [0.15, 0.2) is 103 Å². The summed E-state index contributed by atoms with van der Waals surface area (Å²) in [4.78, 5) is 0. The number of fused-ring (bicyclic) bond motifs is 1. The van der Waals surface area contributed by atoms with Crippen LogP contribution in [0.3, 0.4) is 0 Å². The van der Waals surface area contributed by atoms with Gasteiger partial charge in [0.05, 0.1) is 10.6 Å². The first-order valence-corrected chi connectivity index (χ1v) is 11.7. The molecule has 0 aliphatic carbocycles. The summed E-state index contributed by atoms with van der Waals surface area (Å²) in [6.45, 7) is 2.04. The van der Waals surface area contributed by atoms with Crippen molar-refractivity contribution in [1.82, 2.24) is 0 Å². The average Bonchev–Trinajstić information content (AvgIpc) is 2.81. The molecule has 4 aromatic rings. The first-order chi connectivity index (χ1) is 15.1. The Morgan fingerprint density at radius 1 is 0.710 bits per heavy atom. The van der Waals surface area contributed by atoms with E-state index < -0.39 is 7.37 Å². The molecule has 4 aromatic carbocycles. The lowest BCUT2D eigenvalue weighted by atomic mass is 9.93. The lowest BCUT2D eigenvalue weighted by Crippen LogP contribution is -2.25. The van der Waals surface area contributed by atoms with Crippen LogP contribution in [0.4, 0.5) is 4.39 Å². The van der Waals surface area contributed by atoms with E-state index in [-0.39, 0.29) is 5.82 Å². The minimum absolute atomic E-state index is 0.330. The number of benzene rings is 4. The maximum absolute atomic E-state index is 14.4. The standard InChI is InChI=1S/C27H20FO2P/c1-19-11-13-20(14-12-19)26-24-9-5-6-10-25(24)31(29,23-7-3-2-4-8-23)30-27(26)21-15-17-22(28)18-16-21/h2-18H,1H3/t31-/m1/s1. The molecule has 0 amide bonds. The van der Waals surface area contributed by atoms with E-state index in [1.54, 1.807) is 12.1 Å². The molecule has 4 heteroatoms. The Balaban J connectivity index is 1.84. The third-order valence-corrected chi connectivity index (χ3v) is 7.92. The molecule has 1 aliphatic rings. The molecule has 0 unspecified atom stereocenters. The van der Waals surface area contributed by atoms with Gasteiger partial charge in [0.15, 0.2) is 0 Å². The first-order valence-electron chi connectivity index (χ1n) is 10.1. The van der Waals surface area contributed by atoms with Crippen molar-refractivity contribution >= 4 is 29.3 Å². The highest BCUT2D eigenvalue weighted by atomic mass is 31.2. The minimum Gasteiger partial charge on any atom is -0.436 e. The highest BCUT2D eigenvalue weighted by Crippen LogP contribution is 2.55. The number of rotatable bonds is 3. The Kier molecular flexibility index (Phi) is 4.84. The topological polar surface area (TPSA) is 26.3 Å². The van der Waals surface area contributed by atoms with Crippen LogP contribution in [0.5, 0.6) is 0 Å². The summed E-state index contributed by atoms with van der Waals surface area (Å²) < 4.78 is 34.5. The second-order valence-electron chi connectivity index (χ2n) is 7.57. The van der Waals surface area contributed by atoms with E-state index >= 15 is 0 Å². The van der Waals surface area contributed by atoms with Crippen LogP contribution in [-0.4, -0.2) is 0 Å². The van der Waals surface area contributed by atoms with E-state index in [0.29, 0.717) is 21.9 Å². The third kappa shape index (κ3) is 3.41. The lowest BCUT2D eigenvalue weighted by molar-refractivity contribution is 0.480. The average molecular weight is 426 g/mol. The molecule has 0 saturated heterocycles. The van der Waals surface area contributed by atoms with Gasteiger partial charge >= 0.3 is 7.37 Å². The molecule has 5 rings (SSSR count). The van der Waals surface area contributed by atoms with Gasteiger partial charge in [-0.15, -0.1) is 0 Å². The van der Waals surface area contributed by atoms with Crippen molar-refractivity contribution < 1.29 is 13.5 Å².